The predicted octanol–water partition coefficient (Wildman–Crippen LogP) is 2.09. The molecule has 0 atom stereocenters. The van der Waals surface area contributed by atoms with Crippen LogP contribution >= 0.6 is 0 Å². The first-order valence-electron chi connectivity index (χ1n) is 11.4. The fraction of sp³-hybridized carbons (Fsp3) is 0.391. The van der Waals surface area contributed by atoms with Crippen LogP contribution in [0.15, 0.2) is 41.3 Å². The van der Waals surface area contributed by atoms with Gasteiger partial charge in [-0.05, 0) is 66.9 Å². The molecule has 184 valence electrons. The summed E-state index contributed by atoms with van der Waals surface area (Å²) in [4.78, 5) is 13.1. The third kappa shape index (κ3) is 4.58. The average molecular weight is 499 g/mol. The Hall–Kier alpha value is -3.51. The van der Waals surface area contributed by atoms with Crippen LogP contribution in [-0.4, -0.2) is 65.1 Å². The lowest BCUT2D eigenvalue weighted by Crippen LogP contribution is -2.41. The van der Waals surface area contributed by atoms with Crippen molar-refractivity contribution in [1.82, 2.24) is 24.5 Å². The molecule has 2 aliphatic rings. The Balaban J connectivity index is 1.24. The highest BCUT2D eigenvalue weighted by Crippen LogP contribution is 2.34. The van der Waals surface area contributed by atoms with Crippen molar-refractivity contribution in [1.29, 1.82) is 0 Å². The smallest absolute Gasteiger partial charge is 0.243 e. The van der Waals surface area contributed by atoms with Crippen LogP contribution in [0.4, 0.5) is 5.69 Å². The van der Waals surface area contributed by atoms with Gasteiger partial charge < -0.3 is 14.8 Å². The Labute approximate surface area is 203 Å². The van der Waals surface area contributed by atoms with Crippen molar-refractivity contribution in [2.75, 3.05) is 31.6 Å². The number of sulfonamides is 1. The Morgan fingerprint density at radius 3 is 2.49 bits per heavy atom. The number of fused-ring (bicyclic) bond motifs is 1. The van der Waals surface area contributed by atoms with Crippen LogP contribution in [0.2, 0.25) is 0 Å². The molecule has 0 saturated carbocycles. The lowest BCUT2D eigenvalue weighted by atomic mass is 9.97. The number of nitrogens with zero attached hydrogens (tertiary/aromatic N) is 5. The summed E-state index contributed by atoms with van der Waals surface area (Å²) >= 11 is 0. The van der Waals surface area contributed by atoms with Gasteiger partial charge in [0.2, 0.25) is 15.9 Å². The zero-order valence-corrected chi connectivity index (χ0v) is 20.3. The minimum Gasteiger partial charge on any atom is -0.486 e. The second-order valence-corrected chi connectivity index (χ2v) is 10.6. The number of tetrazole rings is 1. The standard InChI is InChI=1S/C23H26N6O5S/c1-15-3-4-18(13-20(15)29-16(2)25-26-27-29)24-23(30)17-7-9-28(10-8-17)35(31,32)19-5-6-21-22(14-19)34-12-11-33-21/h3-6,13-14,17H,7-12H2,1-2H3,(H,24,30). The molecule has 11 nitrogen and oxygen atoms in total. The summed E-state index contributed by atoms with van der Waals surface area (Å²) < 4.78 is 40.4. The van der Waals surface area contributed by atoms with E-state index in [1.165, 1.54) is 16.4 Å². The summed E-state index contributed by atoms with van der Waals surface area (Å²) in [5, 5.41) is 14.6. The molecule has 2 aromatic carbocycles. The number of hydrogen-bond acceptors (Lipinski definition) is 8. The van der Waals surface area contributed by atoms with E-state index in [1.54, 1.807) is 17.7 Å². The maximum Gasteiger partial charge on any atom is 0.243 e. The molecule has 2 aliphatic heterocycles. The van der Waals surface area contributed by atoms with Gasteiger partial charge in [-0.15, -0.1) is 5.10 Å². The molecule has 12 heteroatoms. The lowest BCUT2D eigenvalue weighted by molar-refractivity contribution is -0.120. The maximum absolute atomic E-state index is 13.2. The van der Waals surface area contributed by atoms with Crippen LogP contribution in [0.1, 0.15) is 24.2 Å². The quantitative estimate of drug-likeness (QED) is 0.566. The fourth-order valence-corrected chi connectivity index (χ4v) is 5.79. The average Bonchev–Trinajstić information content (AvgIpc) is 3.30. The van der Waals surface area contributed by atoms with Gasteiger partial charge in [0.1, 0.15) is 13.2 Å². The number of ether oxygens (including phenoxy) is 2. The van der Waals surface area contributed by atoms with Gasteiger partial charge in [0.25, 0.3) is 0 Å². The second kappa shape index (κ2) is 9.27. The highest BCUT2D eigenvalue weighted by molar-refractivity contribution is 7.89. The van der Waals surface area contributed by atoms with Crippen molar-refractivity contribution in [2.45, 2.75) is 31.6 Å². The number of benzene rings is 2. The zero-order chi connectivity index (χ0) is 24.6. The Bertz CT molecular complexity index is 1360. The summed E-state index contributed by atoms with van der Waals surface area (Å²) in [6.45, 7) is 5.10. The second-order valence-electron chi connectivity index (χ2n) is 8.61. The number of amides is 1. The number of anilines is 1. The number of carbonyl (C=O) groups excluding carboxylic acids is 1. The summed E-state index contributed by atoms with van der Waals surface area (Å²) in [6, 6.07) is 10.2. The number of hydrogen-bond donors (Lipinski definition) is 1. The topological polar surface area (TPSA) is 129 Å². The normalized spacial score (nSPS) is 16.7. The van der Waals surface area contributed by atoms with Crippen LogP contribution in [-0.2, 0) is 14.8 Å². The van der Waals surface area contributed by atoms with E-state index in [4.69, 9.17) is 9.47 Å². The largest absolute Gasteiger partial charge is 0.486 e. The van der Waals surface area contributed by atoms with Crippen molar-refractivity contribution >= 4 is 21.6 Å². The van der Waals surface area contributed by atoms with Crippen molar-refractivity contribution in [3.05, 3.63) is 47.8 Å². The van der Waals surface area contributed by atoms with Gasteiger partial charge >= 0.3 is 0 Å². The lowest BCUT2D eigenvalue weighted by Gasteiger charge is -2.31. The molecule has 1 N–H and O–H groups in total. The molecule has 0 aliphatic carbocycles. The van der Waals surface area contributed by atoms with E-state index in [2.05, 4.69) is 20.8 Å². The van der Waals surface area contributed by atoms with E-state index in [0.29, 0.717) is 49.1 Å². The molecule has 0 radical (unpaired) electrons. The Morgan fingerprint density at radius 1 is 1.03 bits per heavy atom. The summed E-state index contributed by atoms with van der Waals surface area (Å²) in [5.74, 6) is 1.19. The minimum absolute atomic E-state index is 0.135. The minimum atomic E-state index is -3.70. The molecule has 1 aromatic heterocycles. The molecule has 3 aromatic rings. The summed E-state index contributed by atoms with van der Waals surface area (Å²) in [7, 11) is -3.70. The van der Waals surface area contributed by atoms with E-state index in [0.717, 1.165) is 11.3 Å². The van der Waals surface area contributed by atoms with Crippen LogP contribution < -0.4 is 14.8 Å². The van der Waals surface area contributed by atoms with Gasteiger partial charge in [-0.2, -0.15) is 8.99 Å². The summed E-state index contributed by atoms with van der Waals surface area (Å²) in [5.41, 5.74) is 2.39. The summed E-state index contributed by atoms with van der Waals surface area (Å²) in [6.07, 6.45) is 0.862. The molecule has 0 unspecified atom stereocenters. The molecular formula is C23H26N6O5S. The van der Waals surface area contributed by atoms with Crippen LogP contribution in [0.3, 0.4) is 0 Å². The van der Waals surface area contributed by atoms with Gasteiger partial charge in [0.15, 0.2) is 17.3 Å². The number of aryl methyl sites for hydroxylation is 2. The van der Waals surface area contributed by atoms with Crippen molar-refractivity contribution in [2.24, 2.45) is 5.92 Å². The van der Waals surface area contributed by atoms with Gasteiger partial charge in [0.05, 0.1) is 10.6 Å². The fourth-order valence-electron chi connectivity index (χ4n) is 4.31. The number of piperidine rings is 1. The first kappa shape index (κ1) is 23.2. The molecule has 0 bridgehead atoms. The SMILES string of the molecule is Cc1ccc(NC(=O)C2CCN(S(=O)(=O)c3ccc4c(c3)OCCO4)CC2)cc1-n1nnnc1C. The highest BCUT2D eigenvalue weighted by atomic mass is 32.2. The zero-order valence-electron chi connectivity index (χ0n) is 19.5. The molecule has 35 heavy (non-hydrogen) atoms. The molecule has 3 heterocycles. The first-order valence-corrected chi connectivity index (χ1v) is 12.8. The molecular weight excluding hydrogens is 472 g/mol. The number of nitrogens with one attached hydrogen (secondary N) is 1. The Morgan fingerprint density at radius 2 is 1.77 bits per heavy atom. The Kier molecular flexibility index (Phi) is 6.15. The number of carbonyl (C=O) groups is 1. The van der Waals surface area contributed by atoms with Gasteiger partial charge in [-0.3, -0.25) is 4.79 Å². The van der Waals surface area contributed by atoms with Gasteiger partial charge in [-0.25, -0.2) is 8.42 Å². The third-order valence-corrected chi connectivity index (χ3v) is 8.20. The number of aromatic nitrogens is 4. The van der Waals surface area contributed by atoms with Crippen molar-refractivity contribution < 1.29 is 22.7 Å². The van der Waals surface area contributed by atoms with Crippen LogP contribution in [0.25, 0.3) is 5.69 Å². The van der Waals surface area contributed by atoms with E-state index in [1.807, 2.05) is 25.1 Å². The van der Waals surface area contributed by atoms with Gasteiger partial charge in [-0.1, -0.05) is 6.07 Å². The van der Waals surface area contributed by atoms with E-state index in [9.17, 15) is 13.2 Å². The molecule has 1 amide bonds. The molecule has 5 rings (SSSR count). The van der Waals surface area contributed by atoms with Crippen LogP contribution in [0.5, 0.6) is 11.5 Å². The van der Waals surface area contributed by atoms with Crippen molar-refractivity contribution in [3.8, 4) is 17.2 Å². The molecule has 1 fully saturated rings. The van der Waals surface area contributed by atoms with E-state index in [-0.39, 0.29) is 29.8 Å². The monoisotopic (exact) mass is 498 g/mol. The predicted molar refractivity (Wildman–Crippen MR) is 126 cm³/mol. The third-order valence-electron chi connectivity index (χ3n) is 6.31. The van der Waals surface area contributed by atoms with Gasteiger partial charge in [0, 0.05) is 30.8 Å². The van der Waals surface area contributed by atoms with E-state index >= 15 is 0 Å². The van der Waals surface area contributed by atoms with Crippen molar-refractivity contribution in [3.63, 3.8) is 0 Å². The first-order chi connectivity index (χ1) is 16.8. The highest BCUT2D eigenvalue weighted by Gasteiger charge is 2.33. The molecule has 0 spiro atoms. The number of rotatable bonds is 5. The molecule has 1 saturated heterocycles. The maximum atomic E-state index is 13.2. The van der Waals surface area contributed by atoms with E-state index < -0.39 is 10.0 Å². The van der Waals surface area contributed by atoms with Crippen LogP contribution in [0, 0.1) is 19.8 Å².